The van der Waals surface area contributed by atoms with Gasteiger partial charge in [-0.25, -0.2) is 0 Å². The summed E-state index contributed by atoms with van der Waals surface area (Å²) in [6.45, 7) is 4.88. The van der Waals surface area contributed by atoms with Crippen molar-refractivity contribution in [2.24, 2.45) is 11.8 Å². The van der Waals surface area contributed by atoms with E-state index >= 15 is 0 Å². The molecule has 4 rings (SSSR count). The van der Waals surface area contributed by atoms with Gasteiger partial charge in [-0.2, -0.15) is 0 Å². The van der Waals surface area contributed by atoms with E-state index in [4.69, 9.17) is 0 Å². The van der Waals surface area contributed by atoms with Crippen molar-refractivity contribution in [1.82, 2.24) is 10.2 Å². The Hall–Kier alpha value is -0.860. The maximum atomic E-state index is 3.60. The molecule has 2 heterocycles. The average Bonchev–Trinajstić information content (AvgIpc) is 2.77. The Bertz CT molecular complexity index is 484. The zero-order valence-electron chi connectivity index (χ0n) is 13.1. The second-order valence-corrected chi connectivity index (χ2v) is 7.27. The predicted molar refractivity (Wildman–Crippen MR) is 87.1 cm³/mol. The molecule has 2 heteroatoms. The zero-order valence-corrected chi connectivity index (χ0v) is 13.1. The summed E-state index contributed by atoms with van der Waals surface area (Å²) in [5, 5.41) is 3.60. The zero-order chi connectivity index (χ0) is 14.1. The Labute approximate surface area is 128 Å². The number of rotatable bonds is 1. The minimum Gasteiger partial charge on any atom is -0.313 e. The van der Waals surface area contributed by atoms with Crippen LogP contribution in [0.3, 0.4) is 0 Å². The fourth-order valence-electron chi connectivity index (χ4n) is 4.93. The third-order valence-electron chi connectivity index (χ3n) is 6.09. The SMILES string of the molecule is c1ccc2c(c1)CNCCC2N1CCC2CCCCC2C1. The highest BCUT2D eigenvalue weighted by Gasteiger charge is 2.34. The van der Waals surface area contributed by atoms with E-state index in [1.54, 1.807) is 5.56 Å². The van der Waals surface area contributed by atoms with Crippen molar-refractivity contribution in [3.8, 4) is 0 Å². The molecule has 3 atom stereocenters. The minimum absolute atomic E-state index is 0.652. The highest BCUT2D eigenvalue weighted by atomic mass is 15.2. The minimum atomic E-state index is 0.652. The van der Waals surface area contributed by atoms with Crippen LogP contribution in [-0.4, -0.2) is 24.5 Å². The van der Waals surface area contributed by atoms with Gasteiger partial charge in [0.2, 0.25) is 0 Å². The first-order valence-corrected chi connectivity index (χ1v) is 8.94. The molecular formula is C19H28N2. The Morgan fingerprint density at radius 3 is 2.76 bits per heavy atom. The van der Waals surface area contributed by atoms with Crippen molar-refractivity contribution in [2.75, 3.05) is 19.6 Å². The fourth-order valence-corrected chi connectivity index (χ4v) is 4.93. The van der Waals surface area contributed by atoms with Crippen molar-refractivity contribution in [3.05, 3.63) is 35.4 Å². The van der Waals surface area contributed by atoms with Gasteiger partial charge < -0.3 is 5.32 Å². The molecule has 1 N–H and O–H groups in total. The van der Waals surface area contributed by atoms with Crippen molar-refractivity contribution in [2.45, 2.75) is 51.1 Å². The third-order valence-corrected chi connectivity index (χ3v) is 6.09. The van der Waals surface area contributed by atoms with E-state index < -0.39 is 0 Å². The molecule has 1 saturated heterocycles. The molecule has 114 valence electrons. The summed E-state index contributed by atoms with van der Waals surface area (Å²) >= 11 is 0. The van der Waals surface area contributed by atoms with Gasteiger partial charge in [0.25, 0.3) is 0 Å². The number of nitrogens with one attached hydrogen (secondary N) is 1. The summed E-state index contributed by atoms with van der Waals surface area (Å²) < 4.78 is 0. The van der Waals surface area contributed by atoms with Crippen LogP contribution in [0.15, 0.2) is 24.3 Å². The van der Waals surface area contributed by atoms with Crippen molar-refractivity contribution >= 4 is 0 Å². The van der Waals surface area contributed by atoms with E-state index in [-0.39, 0.29) is 0 Å². The smallest absolute Gasteiger partial charge is 0.0363 e. The first-order valence-electron chi connectivity index (χ1n) is 8.94. The van der Waals surface area contributed by atoms with Gasteiger partial charge in [-0.1, -0.05) is 43.5 Å². The largest absolute Gasteiger partial charge is 0.313 e. The van der Waals surface area contributed by atoms with Crippen molar-refractivity contribution in [3.63, 3.8) is 0 Å². The quantitative estimate of drug-likeness (QED) is 0.845. The highest BCUT2D eigenvalue weighted by molar-refractivity contribution is 5.31. The van der Waals surface area contributed by atoms with Gasteiger partial charge in [-0.15, -0.1) is 0 Å². The van der Waals surface area contributed by atoms with Crippen LogP contribution in [-0.2, 0) is 6.54 Å². The number of nitrogens with zero attached hydrogens (tertiary/aromatic N) is 1. The highest BCUT2D eigenvalue weighted by Crippen LogP contribution is 2.40. The lowest BCUT2D eigenvalue weighted by molar-refractivity contribution is 0.0540. The van der Waals surface area contributed by atoms with Gasteiger partial charge in [0, 0.05) is 19.1 Å². The fraction of sp³-hybridized carbons (Fsp3) is 0.684. The van der Waals surface area contributed by atoms with Crippen LogP contribution in [0.25, 0.3) is 0 Å². The first kappa shape index (κ1) is 13.8. The standard InChI is InChI=1S/C19H28N2/c1-2-7-17-14-21(12-10-15(17)5-1)19-9-11-20-13-16-6-3-4-8-18(16)19/h3-4,6,8,15,17,19-20H,1-2,5,7,9-14H2. The second kappa shape index (κ2) is 6.10. The first-order chi connectivity index (χ1) is 10.4. The van der Waals surface area contributed by atoms with Crippen molar-refractivity contribution in [1.29, 1.82) is 0 Å². The molecule has 0 amide bonds. The topological polar surface area (TPSA) is 15.3 Å². The molecule has 1 aliphatic carbocycles. The lowest BCUT2D eigenvalue weighted by Crippen LogP contribution is -2.43. The number of fused-ring (bicyclic) bond motifs is 2. The Morgan fingerprint density at radius 1 is 0.952 bits per heavy atom. The van der Waals surface area contributed by atoms with E-state index in [1.807, 2.05) is 0 Å². The van der Waals surface area contributed by atoms with E-state index in [1.165, 1.54) is 57.2 Å². The molecule has 2 aliphatic heterocycles. The average molecular weight is 284 g/mol. The van der Waals surface area contributed by atoms with Crippen LogP contribution < -0.4 is 5.32 Å². The summed E-state index contributed by atoms with van der Waals surface area (Å²) in [4.78, 5) is 2.82. The van der Waals surface area contributed by atoms with Crippen LogP contribution >= 0.6 is 0 Å². The van der Waals surface area contributed by atoms with Crippen molar-refractivity contribution < 1.29 is 0 Å². The maximum Gasteiger partial charge on any atom is 0.0363 e. The number of hydrogen-bond donors (Lipinski definition) is 1. The van der Waals surface area contributed by atoms with E-state index in [0.717, 1.165) is 24.9 Å². The van der Waals surface area contributed by atoms with Crippen LogP contribution in [0.2, 0.25) is 0 Å². The Kier molecular flexibility index (Phi) is 4.00. The molecule has 3 unspecified atom stereocenters. The summed E-state index contributed by atoms with van der Waals surface area (Å²) in [6, 6.07) is 9.76. The molecule has 0 aromatic heterocycles. The monoisotopic (exact) mass is 284 g/mol. The predicted octanol–water partition coefficient (Wildman–Crippen LogP) is 3.73. The van der Waals surface area contributed by atoms with Crippen LogP contribution in [0.1, 0.15) is 55.7 Å². The third kappa shape index (κ3) is 2.76. The van der Waals surface area contributed by atoms with E-state index in [2.05, 4.69) is 34.5 Å². The van der Waals surface area contributed by atoms with Gasteiger partial charge in [0.15, 0.2) is 0 Å². The van der Waals surface area contributed by atoms with Gasteiger partial charge in [0.1, 0.15) is 0 Å². The molecule has 3 aliphatic rings. The summed E-state index contributed by atoms with van der Waals surface area (Å²) in [6.07, 6.45) is 8.65. The maximum absolute atomic E-state index is 3.60. The van der Waals surface area contributed by atoms with Gasteiger partial charge in [-0.3, -0.25) is 4.90 Å². The number of piperidine rings is 1. The molecule has 0 spiro atoms. The van der Waals surface area contributed by atoms with Crippen LogP contribution in [0.4, 0.5) is 0 Å². The molecule has 0 bridgehead atoms. The van der Waals surface area contributed by atoms with Gasteiger partial charge in [0.05, 0.1) is 0 Å². The van der Waals surface area contributed by atoms with Crippen LogP contribution in [0, 0.1) is 11.8 Å². The van der Waals surface area contributed by atoms with Gasteiger partial charge >= 0.3 is 0 Å². The van der Waals surface area contributed by atoms with Gasteiger partial charge in [-0.05, 0) is 55.3 Å². The summed E-state index contributed by atoms with van der Waals surface area (Å²) in [5.41, 5.74) is 3.11. The summed E-state index contributed by atoms with van der Waals surface area (Å²) in [7, 11) is 0. The Balaban J connectivity index is 1.55. The van der Waals surface area contributed by atoms with E-state index in [9.17, 15) is 0 Å². The lowest BCUT2D eigenvalue weighted by atomic mass is 9.74. The van der Waals surface area contributed by atoms with E-state index in [0.29, 0.717) is 6.04 Å². The molecule has 0 radical (unpaired) electrons. The number of likely N-dealkylation sites (tertiary alicyclic amines) is 1. The lowest BCUT2D eigenvalue weighted by Gasteiger charge is -2.44. The molecule has 21 heavy (non-hydrogen) atoms. The number of benzene rings is 1. The molecule has 1 aromatic carbocycles. The summed E-state index contributed by atoms with van der Waals surface area (Å²) in [5.74, 6) is 2.02. The Morgan fingerprint density at radius 2 is 1.81 bits per heavy atom. The second-order valence-electron chi connectivity index (χ2n) is 7.27. The molecule has 2 nitrogen and oxygen atoms in total. The van der Waals surface area contributed by atoms with Crippen LogP contribution in [0.5, 0.6) is 0 Å². The molecular weight excluding hydrogens is 256 g/mol. The number of hydrogen-bond acceptors (Lipinski definition) is 2. The molecule has 2 fully saturated rings. The molecule has 1 saturated carbocycles. The normalized spacial score (nSPS) is 33.8. The molecule has 1 aromatic rings.